The Hall–Kier alpha value is -2.11. The smallest absolute Gasteiger partial charge is 0.416 e. The molecule has 1 heterocycles. The van der Waals surface area contributed by atoms with Gasteiger partial charge in [0, 0.05) is 5.56 Å². The lowest BCUT2D eigenvalue weighted by atomic mass is 9.89. The number of fused-ring (bicyclic) bond motifs is 3. The molecule has 0 radical (unpaired) electrons. The van der Waals surface area contributed by atoms with Crippen LogP contribution in [0.5, 0.6) is 5.75 Å². The molecule has 1 N–H and O–H groups in total. The standard InChI is InChI=1S/C16H15F3N2O/c1-9-6-11-5-3-2-4-10-7-12(16(17,18)19)8-13(22)14(10)15(11)21-20-9/h6-8,22H,2-5H2,1H3. The molecule has 22 heavy (non-hydrogen) atoms. The predicted octanol–water partition coefficient (Wildman–Crippen LogP) is 4.06. The van der Waals surface area contributed by atoms with Crippen LogP contribution >= 0.6 is 0 Å². The quantitative estimate of drug-likeness (QED) is 0.798. The molecule has 1 aromatic carbocycles. The van der Waals surface area contributed by atoms with Crippen LogP contribution in [0.2, 0.25) is 0 Å². The average Bonchev–Trinajstić information content (AvgIpc) is 2.40. The van der Waals surface area contributed by atoms with Crippen molar-refractivity contribution in [1.82, 2.24) is 10.2 Å². The van der Waals surface area contributed by atoms with E-state index < -0.39 is 11.7 Å². The summed E-state index contributed by atoms with van der Waals surface area (Å²) in [7, 11) is 0. The molecule has 1 aliphatic carbocycles. The molecule has 0 spiro atoms. The number of nitrogens with zero attached hydrogens (tertiary/aromatic N) is 2. The summed E-state index contributed by atoms with van der Waals surface area (Å²) in [5, 5.41) is 18.3. The van der Waals surface area contributed by atoms with E-state index in [1.807, 2.05) is 13.0 Å². The molecular formula is C16H15F3N2O. The maximum absolute atomic E-state index is 12.9. The number of rotatable bonds is 0. The third kappa shape index (κ3) is 2.65. The topological polar surface area (TPSA) is 46.0 Å². The van der Waals surface area contributed by atoms with Crippen LogP contribution in [0, 0.1) is 6.92 Å². The van der Waals surface area contributed by atoms with Gasteiger partial charge < -0.3 is 5.11 Å². The minimum atomic E-state index is -4.48. The van der Waals surface area contributed by atoms with E-state index >= 15 is 0 Å². The number of hydrogen-bond donors (Lipinski definition) is 1. The van der Waals surface area contributed by atoms with E-state index in [9.17, 15) is 18.3 Å². The van der Waals surface area contributed by atoms with Gasteiger partial charge in [-0.1, -0.05) is 0 Å². The third-order valence-corrected chi connectivity index (χ3v) is 3.90. The lowest BCUT2D eigenvalue weighted by Gasteiger charge is -2.19. The maximum atomic E-state index is 12.9. The molecule has 116 valence electrons. The van der Waals surface area contributed by atoms with Gasteiger partial charge in [-0.25, -0.2) is 0 Å². The lowest BCUT2D eigenvalue weighted by molar-refractivity contribution is -0.137. The Morgan fingerprint density at radius 3 is 2.36 bits per heavy atom. The Kier molecular flexibility index (Phi) is 3.54. The molecule has 0 fully saturated rings. The van der Waals surface area contributed by atoms with E-state index in [0.29, 0.717) is 23.2 Å². The van der Waals surface area contributed by atoms with Crippen LogP contribution in [-0.2, 0) is 19.0 Å². The van der Waals surface area contributed by atoms with Gasteiger partial charge >= 0.3 is 6.18 Å². The van der Waals surface area contributed by atoms with Crippen LogP contribution in [0.4, 0.5) is 13.2 Å². The highest BCUT2D eigenvalue weighted by Crippen LogP contribution is 2.41. The summed E-state index contributed by atoms with van der Waals surface area (Å²) in [6.07, 6.45) is -1.56. The maximum Gasteiger partial charge on any atom is 0.416 e. The van der Waals surface area contributed by atoms with Gasteiger partial charge in [0.15, 0.2) is 0 Å². The van der Waals surface area contributed by atoms with E-state index in [0.717, 1.165) is 42.7 Å². The Balaban J connectivity index is 2.24. The molecule has 0 amide bonds. The minimum Gasteiger partial charge on any atom is -0.507 e. The number of alkyl halides is 3. The summed E-state index contributed by atoms with van der Waals surface area (Å²) < 4.78 is 38.8. The van der Waals surface area contributed by atoms with Gasteiger partial charge in [0.1, 0.15) is 11.4 Å². The van der Waals surface area contributed by atoms with Crippen LogP contribution in [0.25, 0.3) is 11.3 Å². The van der Waals surface area contributed by atoms with Gasteiger partial charge in [0.2, 0.25) is 0 Å². The van der Waals surface area contributed by atoms with Gasteiger partial charge in [-0.3, -0.25) is 0 Å². The number of hydrogen-bond acceptors (Lipinski definition) is 3. The van der Waals surface area contributed by atoms with E-state index in [-0.39, 0.29) is 5.75 Å². The molecule has 3 nitrogen and oxygen atoms in total. The van der Waals surface area contributed by atoms with Crippen molar-refractivity contribution in [1.29, 1.82) is 0 Å². The van der Waals surface area contributed by atoms with Gasteiger partial charge in [-0.05, 0) is 61.9 Å². The second-order valence-electron chi connectivity index (χ2n) is 5.59. The van der Waals surface area contributed by atoms with Gasteiger partial charge in [-0.2, -0.15) is 18.3 Å². The second-order valence-corrected chi connectivity index (χ2v) is 5.59. The van der Waals surface area contributed by atoms with Crippen molar-refractivity contribution in [2.75, 3.05) is 0 Å². The summed E-state index contributed by atoms with van der Waals surface area (Å²) >= 11 is 0. The van der Waals surface area contributed by atoms with E-state index in [4.69, 9.17) is 0 Å². The van der Waals surface area contributed by atoms with Gasteiger partial charge in [0.05, 0.1) is 11.3 Å². The number of aryl methyl sites for hydroxylation is 3. The van der Waals surface area contributed by atoms with Crippen molar-refractivity contribution in [2.45, 2.75) is 38.8 Å². The number of phenolic OH excluding ortho intramolecular Hbond substituents is 1. The first-order chi connectivity index (χ1) is 10.4. The Morgan fingerprint density at radius 2 is 1.68 bits per heavy atom. The van der Waals surface area contributed by atoms with Crippen LogP contribution in [0.1, 0.15) is 35.2 Å². The third-order valence-electron chi connectivity index (χ3n) is 3.90. The van der Waals surface area contributed by atoms with Crippen molar-refractivity contribution in [3.63, 3.8) is 0 Å². The zero-order valence-electron chi connectivity index (χ0n) is 12.0. The minimum absolute atomic E-state index is 0.383. The fraction of sp³-hybridized carbons (Fsp3) is 0.375. The molecule has 0 unspecified atom stereocenters. The average molecular weight is 308 g/mol. The van der Waals surface area contributed by atoms with Crippen LogP contribution in [-0.4, -0.2) is 15.3 Å². The van der Waals surface area contributed by atoms with E-state index in [1.54, 1.807) is 0 Å². The summed E-state index contributed by atoms with van der Waals surface area (Å²) in [5.74, 6) is -0.383. The highest BCUT2D eigenvalue weighted by Gasteiger charge is 2.33. The summed E-state index contributed by atoms with van der Waals surface area (Å²) in [6.45, 7) is 1.82. The molecule has 1 aliphatic rings. The molecule has 2 aromatic rings. The normalized spacial score (nSPS) is 14.7. The molecule has 0 atom stereocenters. The fourth-order valence-electron chi connectivity index (χ4n) is 2.89. The summed E-state index contributed by atoms with van der Waals surface area (Å²) in [6, 6.07) is 3.77. The molecule has 0 saturated carbocycles. The molecule has 0 saturated heterocycles. The molecule has 0 aliphatic heterocycles. The number of benzene rings is 1. The fourth-order valence-corrected chi connectivity index (χ4v) is 2.89. The second kappa shape index (κ2) is 5.26. The number of phenols is 1. The first kappa shape index (κ1) is 14.8. The van der Waals surface area contributed by atoms with E-state index in [2.05, 4.69) is 10.2 Å². The Morgan fingerprint density at radius 1 is 1.00 bits per heavy atom. The molecule has 1 aromatic heterocycles. The monoisotopic (exact) mass is 308 g/mol. The zero-order valence-corrected chi connectivity index (χ0v) is 12.0. The molecule has 3 rings (SSSR count). The van der Waals surface area contributed by atoms with Crippen LogP contribution < -0.4 is 0 Å². The summed E-state index contributed by atoms with van der Waals surface area (Å²) in [5.41, 5.74) is 2.20. The van der Waals surface area contributed by atoms with Crippen LogP contribution in [0.15, 0.2) is 18.2 Å². The van der Waals surface area contributed by atoms with Crippen molar-refractivity contribution in [3.8, 4) is 17.0 Å². The number of aromatic hydroxyl groups is 1. The Labute approximate surface area is 125 Å². The van der Waals surface area contributed by atoms with Crippen molar-refractivity contribution in [2.24, 2.45) is 0 Å². The summed E-state index contributed by atoms with van der Waals surface area (Å²) in [4.78, 5) is 0. The van der Waals surface area contributed by atoms with Crippen LogP contribution in [0.3, 0.4) is 0 Å². The number of aromatic nitrogens is 2. The van der Waals surface area contributed by atoms with Crippen molar-refractivity contribution in [3.05, 3.63) is 40.6 Å². The Bertz CT molecular complexity index is 726. The van der Waals surface area contributed by atoms with E-state index in [1.165, 1.54) is 0 Å². The lowest BCUT2D eigenvalue weighted by Crippen LogP contribution is -2.09. The van der Waals surface area contributed by atoms with Gasteiger partial charge in [-0.15, -0.1) is 5.10 Å². The first-order valence-electron chi connectivity index (χ1n) is 7.13. The molecular weight excluding hydrogens is 293 g/mol. The van der Waals surface area contributed by atoms with Gasteiger partial charge in [0.25, 0.3) is 0 Å². The number of halogens is 3. The molecule has 0 bridgehead atoms. The molecule has 6 heteroatoms. The highest BCUT2D eigenvalue weighted by atomic mass is 19.4. The zero-order chi connectivity index (χ0) is 15.9. The first-order valence-corrected chi connectivity index (χ1v) is 7.13. The largest absolute Gasteiger partial charge is 0.507 e. The SMILES string of the molecule is Cc1cc2c(nn1)-c1c(O)cc(C(F)(F)F)cc1CCCC2. The highest BCUT2D eigenvalue weighted by molar-refractivity contribution is 5.74. The van der Waals surface area contributed by atoms with Crippen molar-refractivity contribution < 1.29 is 18.3 Å². The predicted molar refractivity (Wildman–Crippen MR) is 75.5 cm³/mol. The van der Waals surface area contributed by atoms with Crippen molar-refractivity contribution >= 4 is 0 Å².